The van der Waals surface area contributed by atoms with Crippen molar-refractivity contribution in [3.63, 3.8) is 0 Å². The zero-order valence-corrected chi connectivity index (χ0v) is 9.32. The molecule has 6 nitrogen and oxygen atoms in total. The van der Waals surface area contributed by atoms with Crippen LogP contribution in [0.25, 0.3) is 0 Å². The van der Waals surface area contributed by atoms with Crippen molar-refractivity contribution in [3.8, 4) is 6.07 Å². The zero-order valence-electron chi connectivity index (χ0n) is 9.32. The summed E-state index contributed by atoms with van der Waals surface area (Å²) in [5.74, 6) is -1.25. The Bertz CT molecular complexity index is 590. The first-order valence-corrected chi connectivity index (χ1v) is 4.60. The van der Waals surface area contributed by atoms with Gasteiger partial charge in [-0.25, -0.2) is 4.79 Å². The number of hydrogen-bond donors (Lipinski definition) is 0. The summed E-state index contributed by atoms with van der Waals surface area (Å²) in [6, 6.07) is 1.86. The Morgan fingerprint density at radius 3 is 2.42 bits per heavy atom. The number of halogens is 3. The highest BCUT2D eigenvalue weighted by Gasteiger charge is 2.36. The fraction of sp³-hybridized carbons (Fsp3) is 0.200. The molecule has 0 amide bonds. The van der Waals surface area contributed by atoms with Gasteiger partial charge in [0.15, 0.2) is 5.56 Å². The lowest BCUT2D eigenvalue weighted by Crippen LogP contribution is -2.12. The monoisotopic (exact) mass is 274 g/mol. The molecule has 0 aliphatic heterocycles. The molecule has 0 bridgehead atoms. The maximum absolute atomic E-state index is 12.5. The Hall–Kier alpha value is -2.63. The van der Waals surface area contributed by atoms with Crippen molar-refractivity contribution in [3.05, 3.63) is 38.9 Å². The highest BCUT2D eigenvalue weighted by Crippen LogP contribution is 2.35. The van der Waals surface area contributed by atoms with Gasteiger partial charge in [-0.05, 0) is 6.07 Å². The summed E-state index contributed by atoms with van der Waals surface area (Å²) < 4.78 is 41.8. The normalized spacial score (nSPS) is 10.7. The van der Waals surface area contributed by atoms with Gasteiger partial charge in [-0.3, -0.25) is 10.1 Å². The fourth-order valence-corrected chi connectivity index (χ4v) is 1.34. The molecular weight excluding hydrogens is 269 g/mol. The van der Waals surface area contributed by atoms with Crippen molar-refractivity contribution in [2.24, 2.45) is 0 Å². The van der Waals surface area contributed by atoms with Crippen LogP contribution in [0.2, 0.25) is 0 Å². The van der Waals surface area contributed by atoms with E-state index < -0.39 is 39.4 Å². The molecule has 1 rings (SSSR count). The molecule has 100 valence electrons. The van der Waals surface area contributed by atoms with Crippen molar-refractivity contribution in [1.29, 1.82) is 5.26 Å². The number of nitro groups is 1. The lowest BCUT2D eigenvalue weighted by Gasteiger charge is -2.09. The van der Waals surface area contributed by atoms with Crippen LogP contribution in [0, 0.1) is 21.4 Å². The van der Waals surface area contributed by atoms with Gasteiger partial charge < -0.3 is 4.74 Å². The average Bonchev–Trinajstić information content (AvgIpc) is 2.34. The molecule has 1 aromatic carbocycles. The number of nitro benzene ring substituents is 1. The Balaban J connectivity index is 3.70. The van der Waals surface area contributed by atoms with Gasteiger partial charge in [0, 0.05) is 6.07 Å². The molecule has 0 N–H and O–H groups in total. The maximum Gasteiger partial charge on any atom is 0.416 e. The lowest BCUT2D eigenvalue weighted by molar-refractivity contribution is -0.385. The van der Waals surface area contributed by atoms with Gasteiger partial charge in [-0.1, -0.05) is 0 Å². The molecular formula is C10H5F3N2O4. The SMILES string of the molecule is COC(=O)c1c(C#N)cc(C(F)(F)F)cc1[N+](=O)[O-]. The number of nitrogens with zero attached hydrogens (tertiary/aromatic N) is 2. The third-order valence-electron chi connectivity index (χ3n) is 2.15. The second-order valence-corrected chi connectivity index (χ2v) is 3.28. The molecule has 0 radical (unpaired) electrons. The fourth-order valence-electron chi connectivity index (χ4n) is 1.34. The van der Waals surface area contributed by atoms with E-state index in [0.717, 1.165) is 7.11 Å². The summed E-state index contributed by atoms with van der Waals surface area (Å²) in [7, 11) is 0.894. The summed E-state index contributed by atoms with van der Waals surface area (Å²) in [6.45, 7) is 0. The van der Waals surface area contributed by atoms with E-state index in [1.165, 1.54) is 6.07 Å². The van der Waals surface area contributed by atoms with E-state index in [2.05, 4.69) is 4.74 Å². The molecule has 0 atom stereocenters. The van der Waals surface area contributed by atoms with Crippen LogP contribution in [0.15, 0.2) is 12.1 Å². The average molecular weight is 274 g/mol. The van der Waals surface area contributed by atoms with E-state index in [9.17, 15) is 28.1 Å². The van der Waals surface area contributed by atoms with E-state index >= 15 is 0 Å². The number of carbonyl (C=O) groups is 1. The molecule has 9 heteroatoms. The molecule has 0 aliphatic carbocycles. The Morgan fingerprint density at radius 2 is 2.05 bits per heavy atom. The standard InChI is InChI=1S/C10H5F3N2O4/c1-19-9(16)8-5(4-14)2-6(10(11,12)13)3-7(8)15(17)18/h2-3H,1H3. The van der Waals surface area contributed by atoms with Crippen LogP contribution in [-0.4, -0.2) is 18.0 Å². The molecule has 0 aromatic heterocycles. The van der Waals surface area contributed by atoms with Gasteiger partial charge in [0.2, 0.25) is 0 Å². The van der Waals surface area contributed by atoms with Crippen LogP contribution in [-0.2, 0) is 10.9 Å². The maximum atomic E-state index is 12.5. The van der Waals surface area contributed by atoms with Gasteiger partial charge in [0.25, 0.3) is 5.69 Å². The zero-order chi connectivity index (χ0) is 14.8. The second-order valence-electron chi connectivity index (χ2n) is 3.28. The van der Waals surface area contributed by atoms with Crippen LogP contribution in [0.5, 0.6) is 0 Å². The van der Waals surface area contributed by atoms with Crippen molar-refractivity contribution in [2.45, 2.75) is 6.18 Å². The third kappa shape index (κ3) is 2.79. The number of benzene rings is 1. The summed E-state index contributed by atoms with van der Waals surface area (Å²) in [5.41, 5.74) is -4.09. The molecule has 1 aromatic rings. The van der Waals surface area contributed by atoms with Crippen molar-refractivity contribution in [2.75, 3.05) is 7.11 Å². The molecule has 0 aliphatic rings. The Kier molecular flexibility index (Phi) is 3.75. The molecule has 0 heterocycles. The van der Waals surface area contributed by atoms with E-state index in [4.69, 9.17) is 5.26 Å². The first-order valence-electron chi connectivity index (χ1n) is 4.60. The van der Waals surface area contributed by atoms with Crippen LogP contribution in [0.1, 0.15) is 21.5 Å². The molecule has 0 unspecified atom stereocenters. The Labute approximate surface area is 104 Å². The number of ether oxygens (including phenoxy) is 1. The van der Waals surface area contributed by atoms with Crippen LogP contribution >= 0.6 is 0 Å². The quantitative estimate of drug-likeness (QED) is 0.468. The van der Waals surface area contributed by atoms with Gasteiger partial charge in [-0.15, -0.1) is 0 Å². The van der Waals surface area contributed by atoms with Crippen LogP contribution in [0.3, 0.4) is 0 Å². The molecule has 0 saturated carbocycles. The molecule has 0 saturated heterocycles. The van der Waals surface area contributed by atoms with E-state index in [1.807, 2.05) is 0 Å². The van der Waals surface area contributed by atoms with Crippen molar-refractivity contribution < 1.29 is 27.6 Å². The van der Waals surface area contributed by atoms with Crippen molar-refractivity contribution in [1.82, 2.24) is 0 Å². The third-order valence-corrected chi connectivity index (χ3v) is 2.15. The summed E-state index contributed by atoms with van der Waals surface area (Å²) in [6.07, 6.45) is -4.87. The molecule has 19 heavy (non-hydrogen) atoms. The minimum atomic E-state index is -4.87. The number of methoxy groups -OCH3 is 1. The van der Waals surface area contributed by atoms with E-state index in [-0.39, 0.29) is 6.07 Å². The number of rotatable bonds is 2. The molecule has 0 spiro atoms. The number of hydrogen-bond acceptors (Lipinski definition) is 5. The van der Waals surface area contributed by atoms with Gasteiger partial charge in [-0.2, -0.15) is 18.4 Å². The predicted molar refractivity (Wildman–Crippen MR) is 54.2 cm³/mol. The van der Waals surface area contributed by atoms with Crippen molar-refractivity contribution >= 4 is 11.7 Å². The summed E-state index contributed by atoms with van der Waals surface area (Å²) in [5, 5.41) is 19.4. The van der Waals surface area contributed by atoms with Crippen LogP contribution < -0.4 is 0 Å². The van der Waals surface area contributed by atoms with E-state index in [0.29, 0.717) is 6.07 Å². The van der Waals surface area contributed by atoms with Gasteiger partial charge in [0.1, 0.15) is 6.07 Å². The first kappa shape index (κ1) is 14.4. The smallest absolute Gasteiger partial charge is 0.416 e. The Morgan fingerprint density at radius 1 is 1.47 bits per heavy atom. The number of carbonyl (C=O) groups excluding carboxylic acids is 1. The number of alkyl halides is 3. The highest BCUT2D eigenvalue weighted by molar-refractivity contribution is 5.96. The topological polar surface area (TPSA) is 93.2 Å². The predicted octanol–water partition coefficient (Wildman–Crippen LogP) is 2.27. The minimum Gasteiger partial charge on any atom is -0.465 e. The van der Waals surface area contributed by atoms with Gasteiger partial charge >= 0.3 is 12.1 Å². The second kappa shape index (κ2) is 4.93. The molecule has 0 fully saturated rings. The van der Waals surface area contributed by atoms with E-state index in [1.54, 1.807) is 0 Å². The largest absolute Gasteiger partial charge is 0.465 e. The lowest BCUT2D eigenvalue weighted by atomic mass is 10.0. The van der Waals surface area contributed by atoms with Gasteiger partial charge in [0.05, 0.1) is 23.2 Å². The summed E-state index contributed by atoms with van der Waals surface area (Å²) in [4.78, 5) is 20.9. The number of esters is 1. The minimum absolute atomic E-state index is 0.188. The number of nitriles is 1. The first-order chi connectivity index (χ1) is 8.72. The highest BCUT2D eigenvalue weighted by atomic mass is 19.4. The van der Waals surface area contributed by atoms with Crippen LogP contribution in [0.4, 0.5) is 18.9 Å². The summed E-state index contributed by atoms with van der Waals surface area (Å²) >= 11 is 0.